The first-order chi connectivity index (χ1) is 8.20. The summed E-state index contributed by atoms with van der Waals surface area (Å²) in [5, 5.41) is 4.42. The molecule has 2 rings (SSSR count). The average molecular weight is 268 g/mol. The van der Waals surface area contributed by atoms with Crippen molar-refractivity contribution in [3.05, 3.63) is 52.5 Å². The zero-order valence-electron chi connectivity index (χ0n) is 9.21. The highest BCUT2D eigenvalue weighted by molar-refractivity contribution is 6.33. The molecule has 0 unspecified atom stereocenters. The maximum atomic E-state index is 6.05. The van der Waals surface area contributed by atoms with Gasteiger partial charge in [0.2, 0.25) is 0 Å². The fraction of sp³-hybridized carbons (Fsp3) is 0.0769. The van der Waals surface area contributed by atoms with Gasteiger partial charge in [0, 0.05) is 5.69 Å². The van der Waals surface area contributed by atoms with Crippen molar-refractivity contribution in [2.45, 2.75) is 0 Å². The molecule has 0 spiro atoms. The van der Waals surface area contributed by atoms with Gasteiger partial charge in [-0.25, -0.2) is 0 Å². The fourth-order valence-electron chi connectivity index (χ4n) is 1.46. The lowest BCUT2D eigenvalue weighted by molar-refractivity contribution is 0.415. The van der Waals surface area contributed by atoms with Crippen molar-refractivity contribution in [3.8, 4) is 5.75 Å². The predicted octanol–water partition coefficient (Wildman–Crippen LogP) is 4.75. The van der Waals surface area contributed by atoms with Crippen LogP contribution in [0.1, 0.15) is 0 Å². The number of nitrogens with one attached hydrogen (secondary N) is 1. The molecular formula is C13H11Cl2NO. The topological polar surface area (TPSA) is 21.3 Å². The molecule has 0 aromatic heterocycles. The Balaban J connectivity index is 2.25. The standard InChI is InChI=1S/C13H11Cl2NO/c1-17-13-7-6-9(8-11(13)15)16-12-5-3-2-4-10(12)14/h2-8,16H,1H3. The normalized spacial score (nSPS) is 10.1. The zero-order chi connectivity index (χ0) is 12.3. The smallest absolute Gasteiger partial charge is 0.137 e. The van der Waals surface area contributed by atoms with Crippen LogP contribution in [0.2, 0.25) is 10.0 Å². The van der Waals surface area contributed by atoms with Gasteiger partial charge in [-0.2, -0.15) is 0 Å². The molecule has 2 aromatic rings. The summed E-state index contributed by atoms with van der Waals surface area (Å²) < 4.78 is 5.09. The number of halogens is 2. The van der Waals surface area contributed by atoms with E-state index in [0.717, 1.165) is 11.4 Å². The van der Waals surface area contributed by atoms with Crippen molar-refractivity contribution >= 4 is 34.6 Å². The number of rotatable bonds is 3. The van der Waals surface area contributed by atoms with Crippen molar-refractivity contribution < 1.29 is 4.74 Å². The van der Waals surface area contributed by atoms with Gasteiger partial charge in [0.05, 0.1) is 22.8 Å². The Hall–Kier alpha value is -1.38. The number of para-hydroxylation sites is 1. The maximum absolute atomic E-state index is 6.05. The SMILES string of the molecule is COc1ccc(Nc2ccccc2Cl)cc1Cl. The molecule has 17 heavy (non-hydrogen) atoms. The molecule has 0 fully saturated rings. The molecular weight excluding hydrogens is 257 g/mol. The van der Waals surface area contributed by atoms with Gasteiger partial charge in [0.25, 0.3) is 0 Å². The lowest BCUT2D eigenvalue weighted by atomic mass is 10.2. The van der Waals surface area contributed by atoms with Crippen LogP contribution in [0.25, 0.3) is 0 Å². The van der Waals surface area contributed by atoms with Gasteiger partial charge in [0.1, 0.15) is 5.75 Å². The summed E-state index contributed by atoms with van der Waals surface area (Å²) in [7, 11) is 1.59. The minimum absolute atomic E-state index is 0.560. The lowest BCUT2D eigenvalue weighted by Crippen LogP contribution is -1.92. The summed E-state index contributed by atoms with van der Waals surface area (Å²) in [6.45, 7) is 0. The summed E-state index contributed by atoms with van der Waals surface area (Å²) in [6, 6.07) is 13.0. The first-order valence-electron chi connectivity index (χ1n) is 5.06. The van der Waals surface area contributed by atoms with Gasteiger partial charge < -0.3 is 10.1 Å². The van der Waals surface area contributed by atoms with Crippen LogP contribution in [0, 0.1) is 0 Å². The molecule has 0 bridgehead atoms. The van der Waals surface area contributed by atoms with Gasteiger partial charge in [-0.05, 0) is 30.3 Å². The molecule has 0 aliphatic heterocycles. The van der Waals surface area contributed by atoms with E-state index in [2.05, 4.69) is 5.32 Å². The summed E-state index contributed by atoms with van der Waals surface area (Å²) in [5.74, 6) is 0.649. The summed E-state index contributed by atoms with van der Waals surface area (Å²) >= 11 is 12.1. The summed E-state index contributed by atoms with van der Waals surface area (Å²) in [6.07, 6.45) is 0. The summed E-state index contributed by atoms with van der Waals surface area (Å²) in [4.78, 5) is 0. The van der Waals surface area contributed by atoms with Gasteiger partial charge in [-0.15, -0.1) is 0 Å². The third-order valence-electron chi connectivity index (χ3n) is 2.30. The highest BCUT2D eigenvalue weighted by Crippen LogP contribution is 2.30. The monoisotopic (exact) mass is 267 g/mol. The van der Waals surface area contributed by atoms with Gasteiger partial charge >= 0.3 is 0 Å². The Morgan fingerprint density at radius 2 is 1.76 bits per heavy atom. The van der Waals surface area contributed by atoms with Crippen LogP contribution >= 0.6 is 23.2 Å². The molecule has 88 valence electrons. The minimum atomic E-state index is 0.560. The van der Waals surface area contributed by atoms with Crippen LogP contribution in [0.4, 0.5) is 11.4 Å². The van der Waals surface area contributed by atoms with Crippen LogP contribution in [0.15, 0.2) is 42.5 Å². The fourth-order valence-corrected chi connectivity index (χ4v) is 1.90. The number of hydrogen-bond donors (Lipinski definition) is 1. The van der Waals surface area contributed by atoms with Crippen LogP contribution < -0.4 is 10.1 Å². The molecule has 0 aliphatic rings. The molecule has 0 amide bonds. The molecule has 0 atom stereocenters. The van der Waals surface area contributed by atoms with Crippen molar-refractivity contribution in [2.24, 2.45) is 0 Å². The third-order valence-corrected chi connectivity index (χ3v) is 2.93. The Bertz CT molecular complexity index is 529. The molecule has 2 nitrogen and oxygen atoms in total. The Morgan fingerprint density at radius 1 is 1.00 bits per heavy atom. The number of anilines is 2. The zero-order valence-corrected chi connectivity index (χ0v) is 10.7. The maximum Gasteiger partial charge on any atom is 0.137 e. The van der Waals surface area contributed by atoms with E-state index < -0.39 is 0 Å². The van der Waals surface area contributed by atoms with Crippen LogP contribution in [-0.2, 0) is 0 Å². The van der Waals surface area contributed by atoms with E-state index in [1.54, 1.807) is 13.2 Å². The first-order valence-corrected chi connectivity index (χ1v) is 5.81. The molecule has 0 aliphatic carbocycles. The van der Waals surface area contributed by atoms with Gasteiger partial charge in [-0.1, -0.05) is 35.3 Å². The number of methoxy groups -OCH3 is 1. The molecule has 0 radical (unpaired) electrons. The number of benzene rings is 2. The second kappa shape index (κ2) is 5.30. The quantitative estimate of drug-likeness (QED) is 0.867. The second-order valence-electron chi connectivity index (χ2n) is 3.45. The van der Waals surface area contributed by atoms with Crippen molar-refractivity contribution in [1.82, 2.24) is 0 Å². The molecule has 1 N–H and O–H groups in total. The van der Waals surface area contributed by atoms with E-state index in [1.165, 1.54) is 0 Å². The highest BCUT2D eigenvalue weighted by Gasteiger charge is 2.03. The Morgan fingerprint density at radius 3 is 2.41 bits per heavy atom. The first kappa shape index (κ1) is 12.1. The van der Waals surface area contributed by atoms with E-state index in [1.807, 2.05) is 36.4 Å². The molecule has 0 saturated heterocycles. The van der Waals surface area contributed by atoms with E-state index in [-0.39, 0.29) is 0 Å². The van der Waals surface area contributed by atoms with E-state index >= 15 is 0 Å². The molecule has 2 aromatic carbocycles. The number of hydrogen-bond acceptors (Lipinski definition) is 2. The van der Waals surface area contributed by atoms with Crippen molar-refractivity contribution in [2.75, 3.05) is 12.4 Å². The van der Waals surface area contributed by atoms with Crippen LogP contribution in [0.3, 0.4) is 0 Å². The minimum Gasteiger partial charge on any atom is -0.495 e. The van der Waals surface area contributed by atoms with Crippen molar-refractivity contribution in [3.63, 3.8) is 0 Å². The third kappa shape index (κ3) is 2.84. The Labute approximate surface area is 110 Å². The largest absolute Gasteiger partial charge is 0.495 e. The lowest BCUT2D eigenvalue weighted by Gasteiger charge is -2.10. The average Bonchev–Trinajstić information content (AvgIpc) is 2.32. The van der Waals surface area contributed by atoms with E-state index in [4.69, 9.17) is 27.9 Å². The van der Waals surface area contributed by atoms with E-state index in [0.29, 0.717) is 15.8 Å². The van der Waals surface area contributed by atoms with Crippen LogP contribution in [-0.4, -0.2) is 7.11 Å². The number of ether oxygens (including phenoxy) is 1. The molecule has 4 heteroatoms. The van der Waals surface area contributed by atoms with Crippen LogP contribution in [0.5, 0.6) is 5.75 Å². The molecule has 0 saturated carbocycles. The second-order valence-corrected chi connectivity index (χ2v) is 4.27. The Kier molecular flexibility index (Phi) is 3.77. The van der Waals surface area contributed by atoms with Crippen molar-refractivity contribution in [1.29, 1.82) is 0 Å². The van der Waals surface area contributed by atoms with Gasteiger partial charge in [-0.3, -0.25) is 0 Å². The highest BCUT2D eigenvalue weighted by atomic mass is 35.5. The predicted molar refractivity (Wildman–Crippen MR) is 72.7 cm³/mol. The molecule has 0 heterocycles. The van der Waals surface area contributed by atoms with E-state index in [9.17, 15) is 0 Å². The summed E-state index contributed by atoms with van der Waals surface area (Å²) in [5.41, 5.74) is 1.71. The van der Waals surface area contributed by atoms with Gasteiger partial charge in [0.15, 0.2) is 0 Å².